The van der Waals surface area contributed by atoms with Gasteiger partial charge in [0.25, 0.3) is 0 Å². The van der Waals surface area contributed by atoms with Crippen molar-refractivity contribution in [3.8, 4) is 0 Å². The van der Waals surface area contributed by atoms with E-state index in [0.29, 0.717) is 6.54 Å². The van der Waals surface area contributed by atoms with Crippen LogP contribution in [-0.2, 0) is 4.79 Å². The van der Waals surface area contributed by atoms with Gasteiger partial charge in [-0.2, -0.15) is 0 Å². The van der Waals surface area contributed by atoms with E-state index in [0.717, 1.165) is 39.1 Å². The van der Waals surface area contributed by atoms with Crippen LogP contribution >= 0.6 is 0 Å². The molecule has 1 amide bonds. The van der Waals surface area contributed by atoms with Gasteiger partial charge < -0.3 is 15.3 Å². The second-order valence-corrected chi connectivity index (χ2v) is 5.54. The van der Waals surface area contributed by atoms with Crippen LogP contribution in [0.4, 0.5) is 0 Å². The van der Waals surface area contributed by atoms with Gasteiger partial charge in [-0.05, 0) is 20.3 Å². The highest BCUT2D eigenvalue weighted by Crippen LogP contribution is 2.21. The Morgan fingerprint density at radius 1 is 1.28 bits per heavy atom. The average Bonchev–Trinajstić information content (AvgIpc) is 2.88. The fourth-order valence-electron chi connectivity index (χ4n) is 2.87. The highest BCUT2D eigenvalue weighted by Gasteiger charge is 2.33. The van der Waals surface area contributed by atoms with Crippen LogP contribution in [0.3, 0.4) is 0 Å². The number of aliphatic hydroxyl groups excluding tert-OH is 1. The van der Waals surface area contributed by atoms with E-state index in [-0.39, 0.29) is 24.0 Å². The first-order valence-corrected chi connectivity index (χ1v) is 7.01. The average molecular weight is 255 g/mol. The summed E-state index contributed by atoms with van der Waals surface area (Å²) in [5.41, 5.74) is 0. The molecule has 18 heavy (non-hydrogen) atoms. The first kappa shape index (κ1) is 13.8. The second-order valence-electron chi connectivity index (χ2n) is 5.54. The number of nitrogens with one attached hydrogen (secondary N) is 1. The summed E-state index contributed by atoms with van der Waals surface area (Å²) in [5, 5.41) is 12.9. The molecule has 2 aliphatic rings. The molecule has 2 rings (SSSR count). The molecule has 2 fully saturated rings. The number of likely N-dealkylation sites (tertiary alicyclic amines) is 1. The summed E-state index contributed by atoms with van der Waals surface area (Å²) in [6.45, 7) is 9.16. The van der Waals surface area contributed by atoms with Gasteiger partial charge >= 0.3 is 0 Å². The lowest BCUT2D eigenvalue weighted by Gasteiger charge is -2.34. The van der Waals surface area contributed by atoms with E-state index in [9.17, 15) is 9.90 Å². The maximum atomic E-state index is 12.4. The zero-order chi connectivity index (χ0) is 13.1. The van der Waals surface area contributed by atoms with Gasteiger partial charge in [0, 0.05) is 45.2 Å². The molecule has 5 nitrogen and oxygen atoms in total. The van der Waals surface area contributed by atoms with Gasteiger partial charge in [0.15, 0.2) is 0 Å². The lowest BCUT2D eigenvalue weighted by Crippen LogP contribution is -2.53. The molecule has 2 N–H and O–H groups in total. The second kappa shape index (κ2) is 5.99. The Balaban J connectivity index is 1.87. The number of aliphatic hydroxyl groups is 1. The number of nitrogens with zero attached hydrogens (tertiary/aromatic N) is 2. The van der Waals surface area contributed by atoms with Crippen molar-refractivity contribution >= 4 is 5.91 Å². The van der Waals surface area contributed by atoms with E-state index in [1.54, 1.807) is 0 Å². The van der Waals surface area contributed by atoms with Crippen LogP contribution in [0, 0.1) is 5.92 Å². The molecule has 3 unspecified atom stereocenters. The van der Waals surface area contributed by atoms with Gasteiger partial charge in [-0.1, -0.05) is 0 Å². The molecule has 104 valence electrons. The van der Waals surface area contributed by atoms with Crippen molar-refractivity contribution in [2.75, 3.05) is 39.3 Å². The van der Waals surface area contributed by atoms with Gasteiger partial charge in [0.2, 0.25) is 5.91 Å². The Kier molecular flexibility index (Phi) is 4.59. The van der Waals surface area contributed by atoms with Gasteiger partial charge in [0.05, 0.1) is 12.1 Å². The predicted octanol–water partition coefficient (Wildman–Crippen LogP) is -0.491. The smallest absolute Gasteiger partial charge is 0.239 e. The third kappa shape index (κ3) is 3.02. The Labute approximate surface area is 109 Å². The number of carbonyl (C=O) groups excluding carboxylic acids is 1. The third-order valence-corrected chi connectivity index (χ3v) is 4.28. The third-order valence-electron chi connectivity index (χ3n) is 4.28. The van der Waals surface area contributed by atoms with Crippen LogP contribution < -0.4 is 5.32 Å². The molecule has 0 bridgehead atoms. The summed E-state index contributed by atoms with van der Waals surface area (Å²) in [4.78, 5) is 16.6. The lowest BCUT2D eigenvalue weighted by atomic mass is 10.0. The van der Waals surface area contributed by atoms with E-state index < -0.39 is 0 Å². The summed E-state index contributed by atoms with van der Waals surface area (Å²) in [6.07, 6.45) is 0.620. The normalized spacial score (nSPS) is 29.3. The van der Waals surface area contributed by atoms with Crippen LogP contribution in [0.2, 0.25) is 0 Å². The molecule has 2 heterocycles. The van der Waals surface area contributed by atoms with Crippen molar-refractivity contribution in [3.63, 3.8) is 0 Å². The van der Waals surface area contributed by atoms with E-state index in [4.69, 9.17) is 0 Å². The monoisotopic (exact) mass is 255 g/mol. The quantitative estimate of drug-likeness (QED) is 0.714. The highest BCUT2D eigenvalue weighted by atomic mass is 16.3. The topological polar surface area (TPSA) is 55.8 Å². The van der Waals surface area contributed by atoms with Crippen LogP contribution in [0.5, 0.6) is 0 Å². The zero-order valence-corrected chi connectivity index (χ0v) is 11.4. The molecular formula is C13H25N3O2. The number of hydrogen-bond donors (Lipinski definition) is 2. The van der Waals surface area contributed by atoms with E-state index in [1.807, 2.05) is 18.7 Å². The van der Waals surface area contributed by atoms with Gasteiger partial charge in [-0.3, -0.25) is 9.69 Å². The van der Waals surface area contributed by atoms with Crippen molar-refractivity contribution < 1.29 is 9.90 Å². The summed E-state index contributed by atoms with van der Waals surface area (Å²) >= 11 is 0. The number of hydrogen-bond acceptors (Lipinski definition) is 4. The SMILES string of the molecule is CC(O)C1CCN(C(=O)C(C)N2CCNCC2)C1. The summed E-state index contributed by atoms with van der Waals surface area (Å²) in [5.74, 6) is 0.476. The van der Waals surface area contributed by atoms with Gasteiger partial charge in [-0.15, -0.1) is 0 Å². The Morgan fingerprint density at radius 3 is 2.50 bits per heavy atom. The molecule has 0 aromatic carbocycles. The summed E-state index contributed by atoms with van der Waals surface area (Å²) in [7, 11) is 0. The summed E-state index contributed by atoms with van der Waals surface area (Å²) < 4.78 is 0. The molecular weight excluding hydrogens is 230 g/mol. The minimum atomic E-state index is -0.308. The van der Waals surface area contributed by atoms with Gasteiger partial charge in [0.1, 0.15) is 0 Å². The van der Waals surface area contributed by atoms with E-state index >= 15 is 0 Å². The van der Waals surface area contributed by atoms with Crippen LogP contribution in [0.25, 0.3) is 0 Å². The number of piperazine rings is 1. The first-order valence-electron chi connectivity index (χ1n) is 7.01. The van der Waals surface area contributed by atoms with Crippen LogP contribution in [-0.4, -0.2) is 72.2 Å². The minimum Gasteiger partial charge on any atom is -0.393 e. The number of amides is 1. The maximum Gasteiger partial charge on any atom is 0.239 e. The fourth-order valence-corrected chi connectivity index (χ4v) is 2.87. The van der Waals surface area contributed by atoms with Crippen LogP contribution in [0.1, 0.15) is 20.3 Å². The van der Waals surface area contributed by atoms with Crippen LogP contribution in [0.15, 0.2) is 0 Å². The van der Waals surface area contributed by atoms with Crippen molar-refractivity contribution in [1.29, 1.82) is 0 Å². The number of carbonyl (C=O) groups is 1. The molecule has 0 saturated carbocycles. The Hall–Kier alpha value is -0.650. The molecule has 5 heteroatoms. The summed E-state index contributed by atoms with van der Waals surface area (Å²) in [6, 6.07) is -0.0279. The molecule has 0 aliphatic carbocycles. The van der Waals surface area contributed by atoms with Crippen molar-refractivity contribution in [3.05, 3.63) is 0 Å². The van der Waals surface area contributed by atoms with Crippen molar-refractivity contribution in [2.24, 2.45) is 5.92 Å². The zero-order valence-electron chi connectivity index (χ0n) is 11.4. The fraction of sp³-hybridized carbons (Fsp3) is 0.923. The van der Waals surface area contributed by atoms with Crippen molar-refractivity contribution in [1.82, 2.24) is 15.1 Å². The largest absolute Gasteiger partial charge is 0.393 e. The lowest BCUT2D eigenvalue weighted by molar-refractivity contribution is -0.135. The van der Waals surface area contributed by atoms with E-state index in [2.05, 4.69) is 10.2 Å². The first-order chi connectivity index (χ1) is 8.59. The standard InChI is InChI=1S/C13H25N3O2/c1-10(15-7-4-14-5-8-15)13(18)16-6-3-12(9-16)11(2)17/h10-12,14,17H,3-9H2,1-2H3. The molecule has 0 spiro atoms. The molecule has 3 atom stereocenters. The van der Waals surface area contributed by atoms with Gasteiger partial charge in [-0.25, -0.2) is 0 Å². The molecule has 0 aromatic heterocycles. The predicted molar refractivity (Wildman–Crippen MR) is 70.3 cm³/mol. The van der Waals surface area contributed by atoms with Crippen molar-refractivity contribution in [2.45, 2.75) is 32.4 Å². The molecule has 0 radical (unpaired) electrons. The maximum absolute atomic E-state index is 12.4. The molecule has 2 saturated heterocycles. The Morgan fingerprint density at radius 2 is 1.94 bits per heavy atom. The van der Waals surface area contributed by atoms with E-state index in [1.165, 1.54) is 0 Å². The highest BCUT2D eigenvalue weighted by molar-refractivity contribution is 5.81. The molecule has 0 aromatic rings. The molecule has 2 aliphatic heterocycles. The number of rotatable bonds is 3. The minimum absolute atomic E-state index is 0.0279. The Bertz CT molecular complexity index is 290.